The first-order chi connectivity index (χ1) is 12.4. The van der Waals surface area contributed by atoms with E-state index in [-0.39, 0.29) is 0 Å². The molecule has 0 bridgehead atoms. The summed E-state index contributed by atoms with van der Waals surface area (Å²) in [5.41, 5.74) is 3.22. The van der Waals surface area contributed by atoms with Gasteiger partial charge in [0.15, 0.2) is 0 Å². The Morgan fingerprint density at radius 1 is 1.15 bits per heavy atom. The second kappa shape index (κ2) is 7.78. The molecule has 1 saturated heterocycles. The van der Waals surface area contributed by atoms with Crippen molar-refractivity contribution in [1.82, 2.24) is 4.90 Å². The van der Waals surface area contributed by atoms with E-state index in [0.29, 0.717) is 25.3 Å². The van der Waals surface area contributed by atoms with Crippen molar-refractivity contribution in [3.05, 3.63) is 64.7 Å². The van der Waals surface area contributed by atoms with E-state index in [1.54, 1.807) is 7.11 Å². The molecule has 0 spiro atoms. The Bertz CT molecular complexity index is 761. The Labute approximate surface area is 156 Å². The van der Waals surface area contributed by atoms with Gasteiger partial charge < -0.3 is 14.9 Å². The van der Waals surface area contributed by atoms with Gasteiger partial charge >= 0.3 is 0 Å². The predicted octanol–water partition coefficient (Wildman–Crippen LogP) is 3.33. The first-order valence-corrected chi connectivity index (χ1v) is 9.26. The molecule has 2 unspecified atom stereocenters. The number of benzene rings is 2. The molecular formula is C22H29NO3. The molecule has 2 aromatic rings. The first kappa shape index (κ1) is 18.9. The molecule has 0 amide bonds. The fraction of sp³-hybridized carbons (Fsp3) is 0.455. The summed E-state index contributed by atoms with van der Waals surface area (Å²) in [5, 5.41) is 22.0. The zero-order valence-electron chi connectivity index (χ0n) is 15.9. The molecule has 0 saturated carbocycles. The van der Waals surface area contributed by atoms with Gasteiger partial charge in [0, 0.05) is 18.7 Å². The Balaban J connectivity index is 1.74. The highest BCUT2D eigenvalue weighted by atomic mass is 16.5. The van der Waals surface area contributed by atoms with Gasteiger partial charge in [0.2, 0.25) is 0 Å². The van der Waals surface area contributed by atoms with E-state index < -0.39 is 11.7 Å². The van der Waals surface area contributed by atoms with Gasteiger partial charge in [-0.1, -0.05) is 36.4 Å². The minimum Gasteiger partial charge on any atom is -0.496 e. The second-order valence-electron chi connectivity index (χ2n) is 7.43. The third kappa shape index (κ3) is 3.93. The molecule has 4 nitrogen and oxygen atoms in total. The van der Waals surface area contributed by atoms with Gasteiger partial charge in [0.05, 0.1) is 13.2 Å². The molecule has 2 atom stereocenters. The molecule has 1 heterocycles. The zero-order valence-corrected chi connectivity index (χ0v) is 15.9. The number of para-hydroxylation sites is 1. The molecule has 0 radical (unpaired) electrons. The number of aliphatic hydroxyl groups is 2. The summed E-state index contributed by atoms with van der Waals surface area (Å²) >= 11 is 0. The van der Waals surface area contributed by atoms with Gasteiger partial charge in [-0.3, -0.25) is 4.90 Å². The number of rotatable bonds is 5. The van der Waals surface area contributed by atoms with E-state index in [4.69, 9.17) is 4.74 Å². The van der Waals surface area contributed by atoms with Crippen LogP contribution in [0.2, 0.25) is 0 Å². The molecule has 4 heteroatoms. The average molecular weight is 355 g/mol. The van der Waals surface area contributed by atoms with Crippen LogP contribution in [0.5, 0.6) is 5.75 Å². The van der Waals surface area contributed by atoms with Crippen molar-refractivity contribution < 1.29 is 14.9 Å². The van der Waals surface area contributed by atoms with E-state index >= 15 is 0 Å². The minimum absolute atomic E-state index is 0.495. The largest absolute Gasteiger partial charge is 0.496 e. The van der Waals surface area contributed by atoms with Gasteiger partial charge in [0.25, 0.3) is 0 Å². The monoisotopic (exact) mass is 355 g/mol. The van der Waals surface area contributed by atoms with Crippen LogP contribution in [0.4, 0.5) is 0 Å². The summed E-state index contributed by atoms with van der Waals surface area (Å²) in [5.74, 6) is 0.714. The Morgan fingerprint density at radius 3 is 2.65 bits per heavy atom. The summed E-state index contributed by atoms with van der Waals surface area (Å²) in [7, 11) is 1.63. The van der Waals surface area contributed by atoms with Crippen molar-refractivity contribution >= 4 is 0 Å². The number of aryl methyl sites for hydroxylation is 2. The lowest BCUT2D eigenvalue weighted by atomic mass is 9.85. The highest BCUT2D eigenvalue weighted by Gasteiger charge is 2.37. The van der Waals surface area contributed by atoms with Crippen LogP contribution < -0.4 is 4.74 Å². The van der Waals surface area contributed by atoms with Crippen LogP contribution in [0.3, 0.4) is 0 Å². The maximum Gasteiger partial charge on any atom is 0.124 e. The Morgan fingerprint density at radius 2 is 1.92 bits per heavy atom. The molecule has 3 rings (SSSR count). The molecule has 2 N–H and O–H groups in total. The second-order valence-corrected chi connectivity index (χ2v) is 7.43. The van der Waals surface area contributed by atoms with Crippen LogP contribution >= 0.6 is 0 Å². The van der Waals surface area contributed by atoms with Crippen LogP contribution in [-0.2, 0) is 5.60 Å². The third-order valence-electron chi connectivity index (χ3n) is 5.51. The standard InChI is InChI=1S/C22H29NO3/c1-16-9-10-18(13-17(16)2)20(24)14-23-12-6-11-22(25,15-23)19-7-4-5-8-21(19)26-3/h4-5,7-10,13,20,24-25H,6,11-12,14-15H2,1-3H3. The highest BCUT2D eigenvalue weighted by molar-refractivity contribution is 5.38. The molecule has 1 aliphatic rings. The summed E-state index contributed by atoms with van der Waals surface area (Å²) < 4.78 is 5.45. The van der Waals surface area contributed by atoms with E-state index in [9.17, 15) is 10.2 Å². The number of methoxy groups -OCH3 is 1. The molecule has 1 fully saturated rings. The maximum atomic E-state index is 11.3. The van der Waals surface area contributed by atoms with E-state index in [2.05, 4.69) is 30.9 Å². The number of β-amino-alcohol motifs (C(OH)–C–C–N with tert-alkyl or cyclic N) is 2. The fourth-order valence-electron chi connectivity index (χ4n) is 3.85. The third-order valence-corrected chi connectivity index (χ3v) is 5.51. The summed E-state index contributed by atoms with van der Waals surface area (Å²) in [6, 6.07) is 13.8. The number of piperidine rings is 1. The number of ether oxygens (including phenoxy) is 1. The molecule has 2 aromatic carbocycles. The molecule has 0 aliphatic carbocycles. The van der Waals surface area contributed by atoms with Crippen LogP contribution in [0, 0.1) is 13.8 Å². The Kier molecular flexibility index (Phi) is 5.66. The molecule has 0 aromatic heterocycles. The van der Waals surface area contributed by atoms with Gasteiger partial charge in [-0.25, -0.2) is 0 Å². The predicted molar refractivity (Wildman–Crippen MR) is 103 cm³/mol. The zero-order chi connectivity index (χ0) is 18.7. The summed E-state index contributed by atoms with van der Waals surface area (Å²) in [6.07, 6.45) is 1.02. The van der Waals surface area contributed by atoms with Gasteiger partial charge in [0.1, 0.15) is 11.4 Å². The van der Waals surface area contributed by atoms with Gasteiger partial charge in [-0.15, -0.1) is 0 Å². The quantitative estimate of drug-likeness (QED) is 0.864. The lowest BCUT2D eigenvalue weighted by molar-refractivity contribution is -0.0474. The topological polar surface area (TPSA) is 52.9 Å². The van der Waals surface area contributed by atoms with Crippen LogP contribution in [-0.4, -0.2) is 41.9 Å². The lowest BCUT2D eigenvalue weighted by Crippen LogP contribution is -2.47. The minimum atomic E-state index is -0.951. The fourth-order valence-corrected chi connectivity index (χ4v) is 3.85. The summed E-state index contributed by atoms with van der Waals surface area (Å²) in [4.78, 5) is 2.15. The number of likely N-dealkylation sites (tertiary alicyclic amines) is 1. The molecule has 140 valence electrons. The lowest BCUT2D eigenvalue weighted by Gasteiger charge is -2.40. The Hall–Kier alpha value is -1.88. The number of aliphatic hydroxyl groups excluding tert-OH is 1. The normalized spacial score (nSPS) is 22.2. The maximum absolute atomic E-state index is 11.3. The van der Waals surface area contributed by atoms with Crippen LogP contribution in [0.1, 0.15) is 41.2 Å². The van der Waals surface area contributed by atoms with Crippen molar-refractivity contribution in [2.45, 2.75) is 38.4 Å². The van der Waals surface area contributed by atoms with Crippen molar-refractivity contribution in [3.8, 4) is 5.75 Å². The number of hydrogen-bond donors (Lipinski definition) is 2. The van der Waals surface area contributed by atoms with Gasteiger partial charge in [-0.2, -0.15) is 0 Å². The smallest absolute Gasteiger partial charge is 0.124 e. The van der Waals surface area contributed by atoms with E-state index in [1.807, 2.05) is 30.3 Å². The van der Waals surface area contributed by atoms with Crippen molar-refractivity contribution in [1.29, 1.82) is 0 Å². The molecular weight excluding hydrogens is 326 g/mol. The average Bonchev–Trinajstić information content (AvgIpc) is 2.64. The SMILES string of the molecule is COc1ccccc1C1(O)CCCN(CC(O)c2ccc(C)c(C)c2)C1. The molecule has 1 aliphatic heterocycles. The van der Waals surface area contributed by atoms with Crippen molar-refractivity contribution in [2.24, 2.45) is 0 Å². The van der Waals surface area contributed by atoms with E-state index in [0.717, 1.165) is 24.1 Å². The van der Waals surface area contributed by atoms with E-state index in [1.165, 1.54) is 11.1 Å². The molecule has 26 heavy (non-hydrogen) atoms. The van der Waals surface area contributed by atoms with Gasteiger partial charge in [-0.05, 0) is 56.0 Å². The van der Waals surface area contributed by atoms with Crippen LogP contribution in [0.25, 0.3) is 0 Å². The number of nitrogens with zero attached hydrogens (tertiary/aromatic N) is 1. The van der Waals surface area contributed by atoms with Crippen molar-refractivity contribution in [3.63, 3.8) is 0 Å². The van der Waals surface area contributed by atoms with Crippen LogP contribution in [0.15, 0.2) is 42.5 Å². The summed E-state index contributed by atoms with van der Waals surface area (Å²) in [6.45, 7) is 6.02. The van der Waals surface area contributed by atoms with Crippen molar-refractivity contribution in [2.75, 3.05) is 26.7 Å². The highest BCUT2D eigenvalue weighted by Crippen LogP contribution is 2.37. The first-order valence-electron chi connectivity index (χ1n) is 9.26. The number of hydrogen-bond acceptors (Lipinski definition) is 4.